The minimum atomic E-state index is -0.162. The van der Waals surface area contributed by atoms with E-state index in [0.29, 0.717) is 12.2 Å². The Labute approximate surface area is 58.9 Å². The van der Waals surface area contributed by atoms with E-state index in [4.69, 9.17) is 9.47 Å². The van der Waals surface area contributed by atoms with Crippen molar-refractivity contribution in [2.24, 2.45) is 0 Å². The van der Waals surface area contributed by atoms with Gasteiger partial charge in [0.1, 0.15) is 12.2 Å². The monoisotopic (exact) mass is 142 g/mol. The molecule has 3 fully saturated rings. The van der Waals surface area contributed by atoms with E-state index in [1.807, 2.05) is 0 Å². The molecule has 3 atom stereocenters. The zero-order valence-corrected chi connectivity index (χ0v) is 5.59. The van der Waals surface area contributed by atoms with E-state index in [2.05, 4.69) is 10.6 Å². The van der Waals surface area contributed by atoms with Gasteiger partial charge in [-0.05, 0) is 0 Å². The second-order valence-electron chi connectivity index (χ2n) is 3.08. The van der Waals surface area contributed by atoms with Gasteiger partial charge in [0.05, 0.1) is 6.61 Å². The summed E-state index contributed by atoms with van der Waals surface area (Å²) in [5.74, 6) is 0. The molecule has 0 radical (unpaired) electrons. The van der Waals surface area contributed by atoms with Gasteiger partial charge in [0.2, 0.25) is 0 Å². The standard InChI is InChI=1S/C6H10N2O2/c1-4-5(10-4)6(9-1)2-7-3-8-6/h4-5,7-8H,1-3H2. The molecule has 3 saturated heterocycles. The third-order valence-corrected chi connectivity index (χ3v) is 2.45. The topological polar surface area (TPSA) is 45.8 Å². The molecule has 0 bridgehead atoms. The Balaban J connectivity index is 1.89. The van der Waals surface area contributed by atoms with E-state index in [9.17, 15) is 0 Å². The maximum atomic E-state index is 5.56. The number of nitrogens with one attached hydrogen (secondary N) is 2. The van der Waals surface area contributed by atoms with Crippen LogP contribution in [0.5, 0.6) is 0 Å². The lowest BCUT2D eigenvalue weighted by molar-refractivity contribution is -0.0613. The molecule has 0 saturated carbocycles. The first-order valence-electron chi connectivity index (χ1n) is 3.66. The summed E-state index contributed by atoms with van der Waals surface area (Å²) in [5.41, 5.74) is -0.162. The Morgan fingerprint density at radius 1 is 1.50 bits per heavy atom. The summed E-state index contributed by atoms with van der Waals surface area (Å²) in [4.78, 5) is 0. The highest BCUT2D eigenvalue weighted by molar-refractivity contribution is 5.09. The molecule has 1 spiro atoms. The number of hydrogen-bond donors (Lipinski definition) is 2. The van der Waals surface area contributed by atoms with Gasteiger partial charge in [-0.25, -0.2) is 0 Å². The largest absolute Gasteiger partial charge is 0.362 e. The highest BCUT2D eigenvalue weighted by atomic mass is 16.7. The zero-order chi connectivity index (χ0) is 6.60. The SMILES string of the molecule is C1NCC2(N1)OCC1OC12. The Bertz CT molecular complexity index is 162. The molecule has 3 unspecified atom stereocenters. The summed E-state index contributed by atoms with van der Waals surface area (Å²) in [5, 5.41) is 6.46. The van der Waals surface area contributed by atoms with E-state index < -0.39 is 0 Å². The van der Waals surface area contributed by atoms with E-state index in [0.717, 1.165) is 19.8 Å². The van der Waals surface area contributed by atoms with Gasteiger partial charge in [-0.3, -0.25) is 5.32 Å². The van der Waals surface area contributed by atoms with E-state index in [1.54, 1.807) is 0 Å². The van der Waals surface area contributed by atoms with Crippen molar-refractivity contribution in [2.45, 2.75) is 17.9 Å². The molecular formula is C6H10N2O2. The molecule has 0 aliphatic carbocycles. The first-order chi connectivity index (χ1) is 4.91. The lowest BCUT2D eigenvalue weighted by atomic mass is 10.1. The third kappa shape index (κ3) is 0.509. The quantitative estimate of drug-likeness (QED) is 0.410. The first-order valence-corrected chi connectivity index (χ1v) is 3.66. The molecule has 3 aliphatic rings. The minimum absolute atomic E-state index is 0.162. The normalized spacial score (nSPS) is 57.6. The molecular weight excluding hydrogens is 132 g/mol. The minimum Gasteiger partial charge on any atom is -0.362 e. The van der Waals surface area contributed by atoms with E-state index in [-0.39, 0.29) is 5.72 Å². The zero-order valence-electron chi connectivity index (χ0n) is 5.59. The Hall–Kier alpha value is -0.160. The molecule has 0 aromatic rings. The molecule has 3 rings (SSSR count). The molecule has 10 heavy (non-hydrogen) atoms. The molecule has 0 amide bonds. The van der Waals surface area contributed by atoms with Gasteiger partial charge >= 0.3 is 0 Å². The Morgan fingerprint density at radius 2 is 2.50 bits per heavy atom. The molecule has 2 N–H and O–H groups in total. The van der Waals surface area contributed by atoms with Crippen molar-refractivity contribution < 1.29 is 9.47 Å². The van der Waals surface area contributed by atoms with Gasteiger partial charge in [0.25, 0.3) is 0 Å². The highest BCUT2D eigenvalue weighted by Crippen LogP contribution is 2.40. The van der Waals surface area contributed by atoms with Crippen LogP contribution in [0.1, 0.15) is 0 Å². The number of hydrogen-bond acceptors (Lipinski definition) is 4. The van der Waals surface area contributed by atoms with Crippen molar-refractivity contribution >= 4 is 0 Å². The van der Waals surface area contributed by atoms with Crippen molar-refractivity contribution in [3.63, 3.8) is 0 Å². The summed E-state index contributed by atoms with van der Waals surface area (Å²) in [7, 11) is 0. The van der Waals surface area contributed by atoms with Crippen LogP contribution < -0.4 is 10.6 Å². The van der Waals surface area contributed by atoms with Gasteiger partial charge in [-0.15, -0.1) is 0 Å². The van der Waals surface area contributed by atoms with Crippen LogP contribution in [-0.2, 0) is 9.47 Å². The summed E-state index contributed by atoms with van der Waals surface area (Å²) in [6.45, 7) is 2.49. The fourth-order valence-electron chi connectivity index (χ4n) is 1.82. The van der Waals surface area contributed by atoms with Crippen molar-refractivity contribution in [3.05, 3.63) is 0 Å². The molecule has 56 valence electrons. The smallest absolute Gasteiger partial charge is 0.161 e. The van der Waals surface area contributed by atoms with Crippen LogP contribution in [0.15, 0.2) is 0 Å². The van der Waals surface area contributed by atoms with Crippen molar-refractivity contribution in [2.75, 3.05) is 19.8 Å². The predicted molar refractivity (Wildman–Crippen MR) is 33.3 cm³/mol. The average Bonchev–Trinajstić information content (AvgIpc) is 2.49. The maximum Gasteiger partial charge on any atom is 0.161 e. The molecule has 0 aromatic carbocycles. The number of rotatable bonds is 0. The molecule has 4 nitrogen and oxygen atoms in total. The third-order valence-electron chi connectivity index (χ3n) is 2.45. The second kappa shape index (κ2) is 1.53. The van der Waals surface area contributed by atoms with Crippen molar-refractivity contribution in [1.82, 2.24) is 10.6 Å². The van der Waals surface area contributed by atoms with Crippen LogP contribution in [0.2, 0.25) is 0 Å². The van der Waals surface area contributed by atoms with Crippen molar-refractivity contribution in [1.29, 1.82) is 0 Å². The lowest BCUT2D eigenvalue weighted by Crippen LogP contribution is -2.47. The summed E-state index contributed by atoms with van der Waals surface area (Å²) in [6.07, 6.45) is 0.704. The number of ether oxygens (including phenoxy) is 2. The van der Waals surface area contributed by atoms with Gasteiger partial charge in [0, 0.05) is 13.2 Å². The summed E-state index contributed by atoms with van der Waals surface area (Å²) < 4.78 is 10.9. The summed E-state index contributed by atoms with van der Waals surface area (Å²) in [6, 6.07) is 0. The van der Waals surface area contributed by atoms with Crippen LogP contribution in [-0.4, -0.2) is 37.8 Å². The Morgan fingerprint density at radius 3 is 3.00 bits per heavy atom. The first kappa shape index (κ1) is 5.49. The second-order valence-corrected chi connectivity index (χ2v) is 3.08. The van der Waals surface area contributed by atoms with Gasteiger partial charge < -0.3 is 14.8 Å². The fraction of sp³-hybridized carbons (Fsp3) is 1.00. The van der Waals surface area contributed by atoms with Gasteiger partial charge in [-0.1, -0.05) is 0 Å². The molecule has 4 heteroatoms. The fourth-order valence-corrected chi connectivity index (χ4v) is 1.82. The lowest BCUT2D eigenvalue weighted by Gasteiger charge is -2.22. The molecule has 0 aromatic heterocycles. The van der Waals surface area contributed by atoms with Gasteiger partial charge in [-0.2, -0.15) is 0 Å². The van der Waals surface area contributed by atoms with Gasteiger partial charge in [0.15, 0.2) is 5.72 Å². The predicted octanol–water partition coefficient (Wildman–Crippen LogP) is -1.37. The van der Waals surface area contributed by atoms with E-state index in [1.165, 1.54) is 0 Å². The van der Waals surface area contributed by atoms with Crippen LogP contribution in [0.25, 0.3) is 0 Å². The van der Waals surface area contributed by atoms with Crippen LogP contribution >= 0.6 is 0 Å². The number of fused-ring (bicyclic) bond motifs is 2. The molecule has 3 heterocycles. The average molecular weight is 142 g/mol. The van der Waals surface area contributed by atoms with Crippen molar-refractivity contribution in [3.8, 4) is 0 Å². The van der Waals surface area contributed by atoms with E-state index >= 15 is 0 Å². The Kier molecular flexibility index (Phi) is 0.840. The summed E-state index contributed by atoms with van der Waals surface area (Å²) >= 11 is 0. The number of epoxide rings is 1. The van der Waals surface area contributed by atoms with Crippen LogP contribution in [0.3, 0.4) is 0 Å². The molecule has 3 aliphatic heterocycles. The highest BCUT2D eigenvalue weighted by Gasteiger charge is 2.62. The van der Waals surface area contributed by atoms with Crippen LogP contribution in [0.4, 0.5) is 0 Å². The van der Waals surface area contributed by atoms with Crippen LogP contribution in [0, 0.1) is 0 Å². The maximum absolute atomic E-state index is 5.56.